The molecule has 0 spiro atoms. The number of methoxy groups -OCH3 is 1. The molecular formula is C14H13N3O4. The fraction of sp³-hybridized carbons (Fsp3) is 0.143. The van der Waals surface area contributed by atoms with Gasteiger partial charge >= 0.3 is 5.97 Å². The summed E-state index contributed by atoms with van der Waals surface area (Å²) >= 11 is 0. The maximum atomic E-state index is 11.4. The number of hydrogen-bond acceptors (Lipinski definition) is 6. The lowest BCUT2D eigenvalue weighted by molar-refractivity contribution is -0.383. The predicted molar refractivity (Wildman–Crippen MR) is 76.7 cm³/mol. The zero-order valence-corrected chi connectivity index (χ0v) is 11.5. The lowest BCUT2D eigenvalue weighted by Gasteiger charge is -2.10. The van der Waals surface area contributed by atoms with Gasteiger partial charge in [0.25, 0.3) is 5.69 Å². The van der Waals surface area contributed by atoms with E-state index in [-0.39, 0.29) is 11.4 Å². The van der Waals surface area contributed by atoms with E-state index in [9.17, 15) is 14.9 Å². The number of rotatable bonds is 4. The number of benzene rings is 1. The van der Waals surface area contributed by atoms with Gasteiger partial charge in [0.05, 0.1) is 23.4 Å². The van der Waals surface area contributed by atoms with E-state index in [1.165, 1.54) is 19.2 Å². The molecule has 0 aliphatic carbocycles. The third kappa shape index (κ3) is 3.14. The Kier molecular flexibility index (Phi) is 4.13. The third-order valence-electron chi connectivity index (χ3n) is 2.85. The highest BCUT2D eigenvalue weighted by Crippen LogP contribution is 2.28. The van der Waals surface area contributed by atoms with Crippen LogP contribution in [-0.2, 0) is 4.74 Å². The number of anilines is 2. The highest BCUT2D eigenvalue weighted by Gasteiger charge is 2.14. The molecule has 1 heterocycles. The molecule has 0 amide bonds. The molecule has 0 bridgehead atoms. The van der Waals surface area contributed by atoms with Crippen molar-refractivity contribution in [2.24, 2.45) is 0 Å². The Labute approximate surface area is 120 Å². The van der Waals surface area contributed by atoms with E-state index in [0.29, 0.717) is 17.1 Å². The number of nitro benzene ring substituents is 1. The van der Waals surface area contributed by atoms with Crippen molar-refractivity contribution in [1.82, 2.24) is 4.98 Å². The summed E-state index contributed by atoms with van der Waals surface area (Å²) in [7, 11) is 1.28. The van der Waals surface area contributed by atoms with Crippen LogP contribution >= 0.6 is 0 Å². The highest BCUT2D eigenvalue weighted by atomic mass is 16.6. The molecule has 21 heavy (non-hydrogen) atoms. The molecule has 7 heteroatoms. The summed E-state index contributed by atoms with van der Waals surface area (Å²) in [4.78, 5) is 26.0. The van der Waals surface area contributed by atoms with Crippen LogP contribution in [0.1, 0.15) is 16.2 Å². The van der Waals surface area contributed by atoms with Gasteiger partial charge in [0, 0.05) is 6.07 Å². The zero-order chi connectivity index (χ0) is 15.4. The molecule has 7 nitrogen and oxygen atoms in total. The van der Waals surface area contributed by atoms with E-state index in [1.807, 2.05) is 0 Å². The first-order chi connectivity index (χ1) is 10.0. The third-order valence-corrected chi connectivity index (χ3v) is 2.85. The topological polar surface area (TPSA) is 94.4 Å². The number of nitrogens with zero attached hydrogens (tertiary/aromatic N) is 2. The van der Waals surface area contributed by atoms with Crippen LogP contribution in [0.15, 0.2) is 36.4 Å². The minimum absolute atomic E-state index is 0.0334. The Hall–Kier alpha value is -2.96. The summed E-state index contributed by atoms with van der Waals surface area (Å²) in [6, 6.07) is 9.43. The first kappa shape index (κ1) is 14.4. The number of aryl methyl sites for hydroxylation is 1. The molecule has 1 aromatic carbocycles. The number of pyridine rings is 1. The molecule has 0 atom stereocenters. The van der Waals surface area contributed by atoms with Crippen LogP contribution in [0.4, 0.5) is 17.1 Å². The fourth-order valence-electron chi connectivity index (χ4n) is 1.80. The van der Waals surface area contributed by atoms with Gasteiger partial charge in [-0.05, 0) is 25.1 Å². The van der Waals surface area contributed by atoms with Gasteiger partial charge in [-0.1, -0.05) is 12.1 Å². The fourth-order valence-corrected chi connectivity index (χ4v) is 1.80. The van der Waals surface area contributed by atoms with Gasteiger partial charge in [0.15, 0.2) is 0 Å². The van der Waals surface area contributed by atoms with E-state index in [1.54, 1.807) is 31.2 Å². The highest BCUT2D eigenvalue weighted by molar-refractivity contribution is 5.87. The van der Waals surface area contributed by atoms with Crippen LogP contribution in [0, 0.1) is 17.0 Å². The minimum atomic E-state index is -0.532. The summed E-state index contributed by atoms with van der Waals surface area (Å²) in [6.07, 6.45) is 0. The molecule has 0 aliphatic rings. The molecule has 2 aromatic rings. The van der Waals surface area contributed by atoms with Crippen molar-refractivity contribution in [2.75, 3.05) is 12.4 Å². The van der Waals surface area contributed by atoms with Crippen molar-refractivity contribution in [2.45, 2.75) is 6.92 Å². The van der Waals surface area contributed by atoms with E-state index in [4.69, 9.17) is 0 Å². The maximum Gasteiger partial charge on any atom is 0.356 e. The van der Waals surface area contributed by atoms with Crippen molar-refractivity contribution in [3.05, 3.63) is 57.9 Å². The number of carbonyl (C=O) groups is 1. The summed E-state index contributed by atoms with van der Waals surface area (Å²) < 4.78 is 4.59. The number of ether oxygens (including phenoxy) is 1. The lowest BCUT2D eigenvalue weighted by Crippen LogP contribution is -2.06. The van der Waals surface area contributed by atoms with Gasteiger partial charge in [-0.2, -0.15) is 0 Å². The predicted octanol–water partition coefficient (Wildman–Crippen LogP) is 2.83. The molecule has 0 saturated heterocycles. The number of nitro groups is 1. The zero-order valence-electron chi connectivity index (χ0n) is 11.5. The normalized spacial score (nSPS) is 10.0. The maximum absolute atomic E-state index is 11.4. The van der Waals surface area contributed by atoms with Gasteiger partial charge in [0.1, 0.15) is 11.4 Å². The van der Waals surface area contributed by atoms with Crippen LogP contribution in [0.25, 0.3) is 0 Å². The Balaban J connectivity index is 2.33. The summed E-state index contributed by atoms with van der Waals surface area (Å²) in [5, 5.41) is 13.9. The average Bonchev–Trinajstić information content (AvgIpc) is 2.48. The molecule has 2 rings (SSSR count). The molecule has 0 fully saturated rings. The Bertz CT molecular complexity index is 700. The van der Waals surface area contributed by atoms with Gasteiger partial charge < -0.3 is 10.1 Å². The molecular weight excluding hydrogens is 274 g/mol. The number of para-hydroxylation sites is 2. The monoisotopic (exact) mass is 287 g/mol. The smallest absolute Gasteiger partial charge is 0.356 e. The first-order valence-electron chi connectivity index (χ1n) is 6.09. The van der Waals surface area contributed by atoms with Crippen LogP contribution < -0.4 is 5.32 Å². The lowest BCUT2D eigenvalue weighted by atomic mass is 10.2. The second-order valence-corrected chi connectivity index (χ2v) is 4.22. The largest absolute Gasteiger partial charge is 0.464 e. The quantitative estimate of drug-likeness (QED) is 0.528. The van der Waals surface area contributed by atoms with Crippen LogP contribution in [0.2, 0.25) is 0 Å². The summed E-state index contributed by atoms with van der Waals surface area (Å²) in [6.45, 7) is 1.70. The second-order valence-electron chi connectivity index (χ2n) is 4.22. The molecule has 0 unspecified atom stereocenters. The number of carbonyl (C=O) groups excluding carboxylic acids is 1. The van der Waals surface area contributed by atoms with E-state index < -0.39 is 10.9 Å². The van der Waals surface area contributed by atoms with Crippen molar-refractivity contribution in [1.29, 1.82) is 0 Å². The number of aromatic nitrogens is 1. The number of esters is 1. The SMILES string of the molecule is COC(=O)c1ccc(Nc2ccccc2[N+](=O)[O-])c(C)n1. The van der Waals surface area contributed by atoms with Gasteiger partial charge in [0.2, 0.25) is 0 Å². The average molecular weight is 287 g/mol. The van der Waals surface area contributed by atoms with Crippen molar-refractivity contribution in [3.8, 4) is 0 Å². The van der Waals surface area contributed by atoms with Gasteiger partial charge in [-0.15, -0.1) is 0 Å². The Morgan fingerprint density at radius 2 is 1.95 bits per heavy atom. The van der Waals surface area contributed by atoms with Gasteiger partial charge in [-0.3, -0.25) is 10.1 Å². The van der Waals surface area contributed by atoms with E-state index in [0.717, 1.165) is 0 Å². The second kappa shape index (κ2) is 6.00. The number of hydrogen-bond donors (Lipinski definition) is 1. The molecule has 108 valence electrons. The molecule has 1 N–H and O–H groups in total. The summed E-state index contributed by atoms with van der Waals surface area (Å²) in [5.74, 6) is -0.532. The van der Waals surface area contributed by atoms with Crippen molar-refractivity contribution < 1.29 is 14.5 Å². The van der Waals surface area contributed by atoms with Crippen LogP contribution in [-0.4, -0.2) is 23.0 Å². The Morgan fingerprint density at radius 3 is 2.57 bits per heavy atom. The van der Waals surface area contributed by atoms with Crippen molar-refractivity contribution >= 4 is 23.0 Å². The van der Waals surface area contributed by atoms with E-state index in [2.05, 4.69) is 15.0 Å². The molecule has 0 aliphatic heterocycles. The van der Waals surface area contributed by atoms with Crippen LogP contribution in [0.3, 0.4) is 0 Å². The Morgan fingerprint density at radius 1 is 1.24 bits per heavy atom. The van der Waals surface area contributed by atoms with Crippen LogP contribution in [0.5, 0.6) is 0 Å². The molecule has 1 aromatic heterocycles. The van der Waals surface area contributed by atoms with E-state index >= 15 is 0 Å². The van der Waals surface area contributed by atoms with Crippen molar-refractivity contribution in [3.63, 3.8) is 0 Å². The molecule has 0 radical (unpaired) electrons. The molecule has 0 saturated carbocycles. The minimum Gasteiger partial charge on any atom is -0.464 e. The summed E-state index contributed by atoms with van der Waals surface area (Å²) in [5.41, 5.74) is 1.63. The number of nitrogens with one attached hydrogen (secondary N) is 1. The van der Waals surface area contributed by atoms with Gasteiger partial charge in [-0.25, -0.2) is 9.78 Å². The standard InChI is InChI=1S/C14H13N3O4/c1-9-10(7-8-12(15-9)14(18)21-2)16-11-5-3-4-6-13(11)17(19)20/h3-8,16H,1-2H3. The first-order valence-corrected chi connectivity index (χ1v) is 6.09.